The van der Waals surface area contributed by atoms with Crippen LogP contribution in [0.3, 0.4) is 0 Å². The third-order valence-corrected chi connectivity index (χ3v) is 1.25. The summed E-state index contributed by atoms with van der Waals surface area (Å²) in [5.74, 6) is -1.14. The van der Waals surface area contributed by atoms with Gasteiger partial charge in [0.1, 0.15) is 0 Å². The van der Waals surface area contributed by atoms with E-state index in [9.17, 15) is 9.59 Å². The third-order valence-electron chi connectivity index (χ3n) is 1.25. The molecule has 78 valence electrons. The van der Waals surface area contributed by atoms with Crippen LogP contribution in [-0.2, 0) is 19.1 Å². The molecule has 5 heteroatoms. The molecule has 0 aromatic heterocycles. The maximum Gasteiger partial charge on any atom is 0.331 e. The highest BCUT2D eigenvalue weighted by molar-refractivity contribution is 5.81. The molecular formula is C9H13NO4. The molecule has 1 atom stereocenters. The molecule has 1 unspecified atom stereocenters. The molecule has 5 nitrogen and oxygen atoms in total. The molecule has 0 amide bonds. The lowest BCUT2D eigenvalue weighted by Crippen LogP contribution is -2.28. The van der Waals surface area contributed by atoms with Gasteiger partial charge >= 0.3 is 11.9 Å². The Labute approximate surface area is 82.2 Å². The van der Waals surface area contributed by atoms with Crippen molar-refractivity contribution in [3.8, 4) is 0 Å². The summed E-state index contributed by atoms with van der Waals surface area (Å²) in [6.45, 7) is 6.50. The zero-order valence-electron chi connectivity index (χ0n) is 7.77. The lowest BCUT2D eigenvalue weighted by atomic mass is 10.4. The summed E-state index contributed by atoms with van der Waals surface area (Å²) in [7, 11) is 0. The zero-order chi connectivity index (χ0) is 11.0. The predicted molar refractivity (Wildman–Crippen MR) is 50.0 cm³/mol. The first kappa shape index (κ1) is 12.4. The number of carbonyl (C=O) groups is 2. The fourth-order valence-electron chi connectivity index (χ4n) is 0.591. The number of nitrogens with two attached hydrogens (primary N) is 1. The number of hydrogen-bond donors (Lipinski definition) is 1. The van der Waals surface area contributed by atoms with Crippen LogP contribution in [0.25, 0.3) is 0 Å². The number of rotatable bonds is 6. The van der Waals surface area contributed by atoms with Gasteiger partial charge in [-0.25, -0.2) is 9.59 Å². The Bertz CT molecular complexity index is 237. The summed E-state index contributed by atoms with van der Waals surface area (Å²) in [4.78, 5) is 21.2. The zero-order valence-corrected chi connectivity index (χ0v) is 7.77. The van der Waals surface area contributed by atoms with Crippen LogP contribution >= 0.6 is 0 Å². The van der Waals surface area contributed by atoms with Crippen LogP contribution in [0.5, 0.6) is 0 Å². The Hall–Kier alpha value is -1.62. The molecule has 0 aliphatic carbocycles. The van der Waals surface area contributed by atoms with E-state index >= 15 is 0 Å². The first-order chi connectivity index (χ1) is 6.60. The number of ether oxygens (including phenoxy) is 2. The smallest absolute Gasteiger partial charge is 0.331 e. The van der Waals surface area contributed by atoms with E-state index in [2.05, 4.69) is 22.6 Å². The van der Waals surface area contributed by atoms with Gasteiger partial charge in [-0.3, -0.25) is 5.73 Å². The van der Waals surface area contributed by atoms with E-state index in [1.54, 1.807) is 0 Å². The summed E-state index contributed by atoms with van der Waals surface area (Å²) in [6, 6.07) is 0. The van der Waals surface area contributed by atoms with Crippen LogP contribution in [0, 0.1) is 0 Å². The highest BCUT2D eigenvalue weighted by atomic mass is 16.6. The lowest BCUT2D eigenvalue weighted by molar-refractivity contribution is -0.144. The van der Waals surface area contributed by atoms with Crippen molar-refractivity contribution in [3.05, 3.63) is 25.3 Å². The molecule has 0 rings (SSSR count). The third kappa shape index (κ3) is 5.96. The average molecular weight is 199 g/mol. The van der Waals surface area contributed by atoms with E-state index in [0.717, 1.165) is 12.2 Å². The quantitative estimate of drug-likeness (QED) is 0.373. The van der Waals surface area contributed by atoms with Crippen LogP contribution in [0.4, 0.5) is 0 Å². The molecule has 0 bridgehead atoms. The normalized spacial score (nSPS) is 11.2. The highest BCUT2D eigenvalue weighted by Crippen LogP contribution is 1.94. The molecule has 0 fully saturated rings. The highest BCUT2D eigenvalue weighted by Gasteiger charge is 2.07. The van der Waals surface area contributed by atoms with Gasteiger partial charge in [-0.2, -0.15) is 0 Å². The number of esters is 2. The van der Waals surface area contributed by atoms with E-state index in [1.807, 2.05) is 0 Å². The molecule has 0 radical (unpaired) electrons. The summed E-state index contributed by atoms with van der Waals surface area (Å²) >= 11 is 0. The Morgan fingerprint density at radius 3 is 2.36 bits per heavy atom. The van der Waals surface area contributed by atoms with Gasteiger partial charge in [0.2, 0.25) is 0 Å². The second kappa shape index (κ2) is 6.85. The van der Waals surface area contributed by atoms with Gasteiger partial charge in [0.25, 0.3) is 0 Å². The SMILES string of the molecule is C=CC(=O)OCCC(N)OC(=O)C=C. The van der Waals surface area contributed by atoms with Gasteiger partial charge < -0.3 is 9.47 Å². The van der Waals surface area contributed by atoms with E-state index in [-0.39, 0.29) is 13.0 Å². The van der Waals surface area contributed by atoms with Gasteiger partial charge in [0.15, 0.2) is 6.23 Å². The molecule has 0 heterocycles. The van der Waals surface area contributed by atoms with Gasteiger partial charge in [-0.05, 0) is 0 Å². The molecule has 0 aromatic rings. The topological polar surface area (TPSA) is 78.6 Å². The van der Waals surface area contributed by atoms with Crippen molar-refractivity contribution in [1.82, 2.24) is 0 Å². The van der Waals surface area contributed by atoms with Gasteiger partial charge in [0.05, 0.1) is 6.61 Å². The van der Waals surface area contributed by atoms with Crippen molar-refractivity contribution in [2.24, 2.45) is 5.73 Å². The summed E-state index contributed by atoms with van der Waals surface area (Å²) in [5.41, 5.74) is 5.37. The molecule has 0 saturated carbocycles. The maximum absolute atomic E-state index is 10.6. The first-order valence-electron chi connectivity index (χ1n) is 3.98. The largest absolute Gasteiger partial charge is 0.462 e. The van der Waals surface area contributed by atoms with Crippen LogP contribution in [0.2, 0.25) is 0 Å². The Morgan fingerprint density at radius 1 is 1.29 bits per heavy atom. The van der Waals surface area contributed by atoms with E-state index < -0.39 is 18.2 Å². The van der Waals surface area contributed by atoms with Crippen LogP contribution < -0.4 is 5.73 Å². The molecule has 0 aromatic carbocycles. The predicted octanol–water partition coefficient (Wildman–Crippen LogP) is 0.120. The standard InChI is InChI=1S/C9H13NO4/c1-3-8(11)13-6-5-7(10)14-9(12)4-2/h3-4,7H,1-2,5-6,10H2. The van der Waals surface area contributed by atoms with Gasteiger partial charge in [0, 0.05) is 18.6 Å². The molecule has 2 N–H and O–H groups in total. The summed E-state index contributed by atoms with van der Waals surface area (Å²) in [5, 5.41) is 0. The first-order valence-corrected chi connectivity index (χ1v) is 3.98. The second-order valence-corrected chi connectivity index (χ2v) is 2.34. The fourth-order valence-corrected chi connectivity index (χ4v) is 0.591. The number of hydrogen-bond acceptors (Lipinski definition) is 5. The monoisotopic (exact) mass is 199 g/mol. The Balaban J connectivity index is 3.58. The number of carbonyl (C=O) groups excluding carboxylic acids is 2. The van der Waals surface area contributed by atoms with Gasteiger partial charge in [-0.1, -0.05) is 13.2 Å². The lowest BCUT2D eigenvalue weighted by Gasteiger charge is -2.10. The van der Waals surface area contributed by atoms with Crippen molar-refractivity contribution in [2.45, 2.75) is 12.6 Å². The van der Waals surface area contributed by atoms with Crippen molar-refractivity contribution in [1.29, 1.82) is 0 Å². The molecule has 0 aliphatic heterocycles. The minimum Gasteiger partial charge on any atom is -0.462 e. The van der Waals surface area contributed by atoms with E-state index in [0.29, 0.717) is 0 Å². The van der Waals surface area contributed by atoms with Crippen molar-refractivity contribution in [3.63, 3.8) is 0 Å². The van der Waals surface area contributed by atoms with Crippen molar-refractivity contribution < 1.29 is 19.1 Å². The van der Waals surface area contributed by atoms with Crippen LogP contribution in [0.15, 0.2) is 25.3 Å². The Kier molecular flexibility index (Phi) is 6.06. The van der Waals surface area contributed by atoms with Crippen LogP contribution in [0.1, 0.15) is 6.42 Å². The van der Waals surface area contributed by atoms with Crippen LogP contribution in [-0.4, -0.2) is 24.8 Å². The Morgan fingerprint density at radius 2 is 1.86 bits per heavy atom. The van der Waals surface area contributed by atoms with E-state index in [1.165, 1.54) is 0 Å². The fraction of sp³-hybridized carbons (Fsp3) is 0.333. The minimum atomic E-state index is -0.793. The molecule has 0 spiro atoms. The molecule has 0 saturated heterocycles. The van der Waals surface area contributed by atoms with Gasteiger partial charge in [-0.15, -0.1) is 0 Å². The molecular weight excluding hydrogens is 186 g/mol. The average Bonchev–Trinajstić information content (AvgIpc) is 2.17. The summed E-state index contributed by atoms with van der Waals surface area (Å²) in [6.07, 6.45) is 1.49. The van der Waals surface area contributed by atoms with Crippen molar-refractivity contribution >= 4 is 11.9 Å². The van der Waals surface area contributed by atoms with E-state index in [4.69, 9.17) is 5.73 Å². The summed E-state index contributed by atoms with van der Waals surface area (Å²) < 4.78 is 9.24. The molecule has 14 heavy (non-hydrogen) atoms. The van der Waals surface area contributed by atoms with Crippen molar-refractivity contribution in [2.75, 3.05) is 6.61 Å². The second-order valence-electron chi connectivity index (χ2n) is 2.34. The maximum atomic E-state index is 10.6. The minimum absolute atomic E-state index is 0.0798. The molecule has 0 aliphatic rings.